The van der Waals surface area contributed by atoms with Gasteiger partial charge in [0.2, 0.25) is 5.90 Å². The van der Waals surface area contributed by atoms with Crippen molar-refractivity contribution in [2.75, 3.05) is 6.26 Å². The molecule has 0 saturated heterocycles. The van der Waals surface area contributed by atoms with E-state index in [-0.39, 0.29) is 0 Å². The number of nitrogens with zero attached hydrogens (tertiary/aromatic N) is 1. The van der Waals surface area contributed by atoms with Gasteiger partial charge in [-0.2, -0.15) is 0 Å². The van der Waals surface area contributed by atoms with Crippen molar-refractivity contribution >= 4 is 29.7 Å². The number of carbonyl (C=O) groups excluding carboxylic acids is 1. The summed E-state index contributed by atoms with van der Waals surface area (Å²) in [5.41, 5.74) is 5.76. The molecule has 0 spiro atoms. The van der Waals surface area contributed by atoms with Crippen LogP contribution in [0.4, 0.5) is 0 Å². The second kappa shape index (κ2) is 12.6. The highest BCUT2D eigenvalue weighted by Gasteiger charge is 2.24. The Labute approximate surface area is 213 Å². The number of aryl methyl sites for hydroxylation is 1. The maximum absolute atomic E-state index is 12.3. The van der Waals surface area contributed by atoms with E-state index in [0.717, 1.165) is 23.1 Å². The maximum Gasteiger partial charge on any atom is 0.363 e. The maximum atomic E-state index is 12.3. The Morgan fingerprint density at radius 3 is 2.03 bits per heavy atom. The van der Waals surface area contributed by atoms with Crippen LogP contribution >= 0.6 is 11.8 Å². The number of rotatable bonds is 11. The fourth-order valence-corrected chi connectivity index (χ4v) is 4.58. The molecule has 3 aromatic carbocycles. The summed E-state index contributed by atoms with van der Waals surface area (Å²) in [5, 5.41) is 0. The minimum Gasteiger partial charge on any atom is -0.402 e. The predicted octanol–water partition coefficient (Wildman–Crippen LogP) is 8.32. The minimum absolute atomic E-state index is 0.321. The molecule has 0 aromatic heterocycles. The summed E-state index contributed by atoms with van der Waals surface area (Å²) in [4.78, 5) is 18.0. The molecule has 3 nitrogen and oxygen atoms in total. The lowest BCUT2D eigenvalue weighted by Crippen LogP contribution is -2.05. The van der Waals surface area contributed by atoms with Gasteiger partial charge in [-0.15, -0.1) is 11.8 Å². The van der Waals surface area contributed by atoms with Crippen LogP contribution in [0.5, 0.6) is 0 Å². The average molecular weight is 484 g/mol. The molecule has 1 aliphatic heterocycles. The highest BCUT2D eigenvalue weighted by molar-refractivity contribution is 7.98. The van der Waals surface area contributed by atoms with Gasteiger partial charge in [-0.3, -0.25) is 0 Å². The van der Waals surface area contributed by atoms with E-state index < -0.39 is 5.97 Å². The molecule has 180 valence electrons. The average Bonchev–Trinajstić information content (AvgIpc) is 3.27. The number of hydrogen-bond acceptors (Lipinski definition) is 4. The lowest BCUT2D eigenvalue weighted by atomic mass is 10.00. The van der Waals surface area contributed by atoms with E-state index in [4.69, 9.17) is 4.74 Å². The van der Waals surface area contributed by atoms with Crippen molar-refractivity contribution in [1.29, 1.82) is 0 Å². The van der Waals surface area contributed by atoms with Gasteiger partial charge < -0.3 is 4.74 Å². The van der Waals surface area contributed by atoms with Crippen LogP contribution in [0.1, 0.15) is 62.1 Å². The van der Waals surface area contributed by atoms with Gasteiger partial charge in [0, 0.05) is 10.5 Å². The summed E-state index contributed by atoms with van der Waals surface area (Å²) in [5.74, 6) is -0.0678. The van der Waals surface area contributed by atoms with Crippen LogP contribution in [0.3, 0.4) is 0 Å². The first kappa shape index (κ1) is 25.0. The van der Waals surface area contributed by atoms with E-state index in [0.29, 0.717) is 11.6 Å². The van der Waals surface area contributed by atoms with Crippen molar-refractivity contribution in [2.24, 2.45) is 4.99 Å². The Balaban J connectivity index is 1.37. The van der Waals surface area contributed by atoms with Gasteiger partial charge in [-0.1, -0.05) is 87.6 Å². The third kappa shape index (κ3) is 6.95. The summed E-state index contributed by atoms with van der Waals surface area (Å²) in [6, 6.07) is 24.9. The smallest absolute Gasteiger partial charge is 0.363 e. The Morgan fingerprint density at radius 1 is 0.771 bits per heavy atom. The molecular weight excluding hydrogens is 450 g/mol. The van der Waals surface area contributed by atoms with E-state index in [1.807, 2.05) is 42.7 Å². The molecule has 3 aromatic rings. The number of carbonyl (C=O) groups is 1. The lowest BCUT2D eigenvalue weighted by molar-refractivity contribution is -0.129. The first-order valence-corrected chi connectivity index (χ1v) is 13.7. The van der Waals surface area contributed by atoms with E-state index >= 15 is 0 Å². The van der Waals surface area contributed by atoms with Gasteiger partial charge in [-0.05, 0) is 71.7 Å². The monoisotopic (exact) mass is 483 g/mol. The molecule has 0 saturated carbocycles. The third-order valence-electron chi connectivity index (χ3n) is 6.28. The molecule has 0 radical (unpaired) electrons. The van der Waals surface area contributed by atoms with Crippen LogP contribution < -0.4 is 0 Å². The van der Waals surface area contributed by atoms with Crippen molar-refractivity contribution in [3.05, 3.63) is 95.2 Å². The molecule has 4 rings (SSSR count). The Hall–Kier alpha value is -3.11. The van der Waals surface area contributed by atoms with Gasteiger partial charge in [-0.25, -0.2) is 9.79 Å². The molecule has 0 amide bonds. The van der Waals surface area contributed by atoms with Crippen LogP contribution in [0.25, 0.3) is 17.2 Å². The Morgan fingerprint density at radius 2 is 1.37 bits per heavy atom. The second-order valence-corrected chi connectivity index (χ2v) is 9.78. The fourth-order valence-electron chi connectivity index (χ4n) is 4.17. The summed E-state index contributed by atoms with van der Waals surface area (Å²) in [7, 11) is 0. The molecule has 0 unspecified atom stereocenters. The SMILES string of the molecule is CCCCCCCCc1ccc(-c2ccc(C3=NC(=Cc4ccc(SC)cc4)C(=O)O3)cc2)cc1. The number of ether oxygens (including phenoxy) is 1. The zero-order valence-electron chi connectivity index (χ0n) is 20.6. The highest BCUT2D eigenvalue weighted by atomic mass is 32.2. The fraction of sp³-hybridized carbons (Fsp3) is 0.290. The molecular formula is C31H33NO2S. The Bertz CT molecular complexity index is 1180. The standard InChI is InChI=1S/C31H33NO2S/c1-3-4-5-6-7-8-9-23-10-14-25(15-11-23)26-16-18-27(19-17-26)30-32-29(31(33)34-30)22-24-12-20-28(35-2)21-13-24/h10-22H,3-9H2,1-2H3. The zero-order chi connectivity index (χ0) is 24.5. The molecule has 4 heteroatoms. The Kier molecular flexibility index (Phi) is 8.96. The summed E-state index contributed by atoms with van der Waals surface area (Å²) in [6.45, 7) is 2.26. The first-order valence-electron chi connectivity index (χ1n) is 12.5. The molecule has 1 heterocycles. The van der Waals surface area contributed by atoms with Crippen molar-refractivity contribution < 1.29 is 9.53 Å². The molecule has 0 N–H and O–H groups in total. The minimum atomic E-state index is -0.418. The number of aliphatic imine (C=N–C) groups is 1. The predicted molar refractivity (Wildman–Crippen MR) is 148 cm³/mol. The van der Waals surface area contributed by atoms with Gasteiger partial charge in [0.25, 0.3) is 0 Å². The first-order chi connectivity index (χ1) is 17.2. The lowest BCUT2D eigenvalue weighted by Gasteiger charge is -2.06. The molecule has 0 bridgehead atoms. The van der Waals surface area contributed by atoms with Crippen molar-refractivity contribution in [3.63, 3.8) is 0 Å². The number of thioether (sulfide) groups is 1. The van der Waals surface area contributed by atoms with Crippen molar-refractivity contribution in [1.82, 2.24) is 0 Å². The quantitative estimate of drug-likeness (QED) is 0.119. The largest absolute Gasteiger partial charge is 0.402 e. The van der Waals surface area contributed by atoms with Crippen molar-refractivity contribution in [2.45, 2.75) is 56.8 Å². The normalized spacial score (nSPS) is 14.3. The molecule has 0 fully saturated rings. The summed E-state index contributed by atoms with van der Waals surface area (Å²) in [6.07, 6.45) is 12.9. The summed E-state index contributed by atoms with van der Waals surface area (Å²) >= 11 is 1.68. The van der Waals surface area contributed by atoms with Crippen LogP contribution in [0.2, 0.25) is 0 Å². The van der Waals surface area contributed by atoms with Crippen molar-refractivity contribution in [3.8, 4) is 11.1 Å². The van der Waals surface area contributed by atoms with E-state index in [2.05, 4.69) is 48.3 Å². The third-order valence-corrected chi connectivity index (χ3v) is 7.02. The number of unbranched alkanes of at least 4 members (excludes halogenated alkanes) is 5. The number of cyclic esters (lactones) is 1. The molecule has 0 atom stereocenters. The van der Waals surface area contributed by atoms with E-state index in [1.54, 1.807) is 17.8 Å². The van der Waals surface area contributed by atoms with Crippen LogP contribution in [0, 0.1) is 0 Å². The van der Waals surface area contributed by atoms with Gasteiger partial charge in [0.1, 0.15) is 0 Å². The molecule has 35 heavy (non-hydrogen) atoms. The zero-order valence-corrected chi connectivity index (χ0v) is 21.4. The van der Waals surface area contributed by atoms with E-state index in [9.17, 15) is 4.79 Å². The van der Waals surface area contributed by atoms with Crippen LogP contribution in [-0.2, 0) is 16.0 Å². The number of esters is 1. The molecule has 0 aliphatic carbocycles. The summed E-state index contributed by atoms with van der Waals surface area (Å²) < 4.78 is 5.45. The van der Waals surface area contributed by atoms with E-state index in [1.165, 1.54) is 54.5 Å². The van der Waals surface area contributed by atoms with Gasteiger partial charge in [0.15, 0.2) is 5.70 Å². The van der Waals surface area contributed by atoms with Crippen LogP contribution in [0.15, 0.2) is 88.4 Å². The molecule has 1 aliphatic rings. The topological polar surface area (TPSA) is 38.7 Å². The number of benzene rings is 3. The van der Waals surface area contributed by atoms with Gasteiger partial charge >= 0.3 is 5.97 Å². The second-order valence-electron chi connectivity index (χ2n) is 8.90. The van der Waals surface area contributed by atoms with Gasteiger partial charge in [0.05, 0.1) is 0 Å². The number of hydrogen-bond donors (Lipinski definition) is 0. The highest BCUT2D eigenvalue weighted by Crippen LogP contribution is 2.24. The van der Waals surface area contributed by atoms with Crippen LogP contribution in [-0.4, -0.2) is 18.1 Å².